The predicted octanol–water partition coefficient (Wildman–Crippen LogP) is 1.94. The molecule has 1 aliphatic rings. The molecule has 1 heterocycles. The van der Waals surface area contributed by atoms with Crippen molar-refractivity contribution in [2.75, 3.05) is 19.1 Å². The van der Waals surface area contributed by atoms with Crippen molar-refractivity contribution in [3.63, 3.8) is 0 Å². The van der Waals surface area contributed by atoms with Crippen molar-refractivity contribution in [3.05, 3.63) is 41.6 Å². The normalized spacial score (nSPS) is 13.7. The molecule has 0 bridgehead atoms. The van der Waals surface area contributed by atoms with E-state index in [4.69, 9.17) is 4.55 Å². The van der Waals surface area contributed by atoms with Crippen molar-refractivity contribution in [2.24, 2.45) is 0 Å². The number of nitrogens with zero attached hydrogens (tertiary/aromatic N) is 1. The van der Waals surface area contributed by atoms with Gasteiger partial charge in [0.05, 0.1) is 7.11 Å². The van der Waals surface area contributed by atoms with Gasteiger partial charge in [-0.2, -0.15) is 8.42 Å². The summed E-state index contributed by atoms with van der Waals surface area (Å²) in [5, 5.41) is 0. The van der Waals surface area contributed by atoms with Crippen LogP contribution in [0.15, 0.2) is 30.5 Å². The smallest absolute Gasteiger partial charge is 0.351 e. The molecule has 18 heavy (non-hydrogen) atoms. The van der Waals surface area contributed by atoms with E-state index in [1.54, 1.807) is 0 Å². The minimum absolute atomic E-state index is 0.870. The number of aryl methyl sites for hydroxylation is 1. The summed E-state index contributed by atoms with van der Waals surface area (Å²) in [5.74, 6) is 0. The van der Waals surface area contributed by atoms with Gasteiger partial charge < -0.3 is 4.90 Å². The Morgan fingerprint density at radius 3 is 2.56 bits per heavy atom. The molecule has 0 atom stereocenters. The Hall–Kier alpha value is -1.37. The van der Waals surface area contributed by atoms with Crippen molar-refractivity contribution in [3.8, 4) is 0 Å². The first kappa shape index (κ1) is 14.7. The molecule has 0 unspecified atom stereocenters. The lowest BCUT2D eigenvalue weighted by Gasteiger charge is -2.22. The van der Waals surface area contributed by atoms with E-state index in [9.17, 15) is 8.42 Å². The lowest BCUT2D eigenvalue weighted by Crippen LogP contribution is -2.13. The molecule has 0 fully saturated rings. The van der Waals surface area contributed by atoms with Crippen molar-refractivity contribution < 1.29 is 17.2 Å². The van der Waals surface area contributed by atoms with Crippen LogP contribution >= 0.6 is 0 Å². The highest BCUT2D eigenvalue weighted by molar-refractivity contribution is 7.80. The Morgan fingerprint density at radius 2 is 2.00 bits per heavy atom. The molecular formula is C12H17NO4S. The van der Waals surface area contributed by atoms with Gasteiger partial charge in [0, 0.05) is 18.9 Å². The Bertz CT molecular complexity index is 537. The molecule has 5 nitrogen and oxygen atoms in total. The predicted molar refractivity (Wildman–Crippen MR) is 71.0 cm³/mol. The van der Waals surface area contributed by atoms with Gasteiger partial charge in [-0.05, 0) is 25.0 Å². The number of anilines is 1. The van der Waals surface area contributed by atoms with Gasteiger partial charge in [-0.25, -0.2) is 0 Å². The topological polar surface area (TPSA) is 66.8 Å². The lowest BCUT2D eigenvalue weighted by molar-refractivity contribution is 0.324. The van der Waals surface area contributed by atoms with E-state index in [0.717, 1.165) is 13.5 Å². The Morgan fingerprint density at radius 1 is 1.39 bits per heavy atom. The summed E-state index contributed by atoms with van der Waals surface area (Å²) in [6.07, 6.45) is 5.39. The molecule has 0 aromatic heterocycles. The van der Waals surface area contributed by atoms with Crippen LogP contribution in [0.1, 0.15) is 11.1 Å². The molecule has 6 heteroatoms. The lowest BCUT2D eigenvalue weighted by atomic mass is 10.0. The molecule has 0 saturated heterocycles. The third kappa shape index (κ3) is 4.48. The largest absolute Gasteiger partial charge is 0.397 e. The van der Waals surface area contributed by atoms with Crippen LogP contribution in [-0.2, 0) is 21.0 Å². The van der Waals surface area contributed by atoms with Crippen molar-refractivity contribution >= 4 is 16.1 Å². The van der Waals surface area contributed by atoms with E-state index in [0.29, 0.717) is 0 Å². The SMILES string of the molecule is COS(=O)(=O)O.Cc1ccc2c(c1)CC=CN2C. The van der Waals surface area contributed by atoms with Crippen molar-refractivity contribution in [1.82, 2.24) is 0 Å². The number of fused-ring (bicyclic) bond motifs is 1. The number of hydrogen-bond donors (Lipinski definition) is 1. The number of hydrogen-bond acceptors (Lipinski definition) is 4. The maximum absolute atomic E-state index is 9.33. The average Bonchev–Trinajstić information content (AvgIpc) is 2.29. The zero-order valence-corrected chi connectivity index (χ0v) is 11.4. The van der Waals surface area contributed by atoms with Crippen LogP contribution in [0.3, 0.4) is 0 Å². The molecule has 2 rings (SSSR count). The maximum Gasteiger partial charge on any atom is 0.397 e. The molecule has 100 valence electrons. The quantitative estimate of drug-likeness (QED) is 0.791. The van der Waals surface area contributed by atoms with Crippen LogP contribution in [0.25, 0.3) is 0 Å². The molecule has 1 N–H and O–H groups in total. The molecule has 0 spiro atoms. The van der Waals surface area contributed by atoms with Crippen LogP contribution in [0.2, 0.25) is 0 Å². The zero-order valence-electron chi connectivity index (χ0n) is 10.6. The first-order chi connectivity index (χ1) is 8.33. The first-order valence-electron chi connectivity index (χ1n) is 5.35. The summed E-state index contributed by atoms with van der Waals surface area (Å²) in [6.45, 7) is 2.14. The van der Waals surface area contributed by atoms with Gasteiger partial charge in [-0.15, -0.1) is 0 Å². The summed E-state index contributed by atoms with van der Waals surface area (Å²) in [6, 6.07) is 6.61. The fourth-order valence-electron chi connectivity index (χ4n) is 1.64. The van der Waals surface area contributed by atoms with Gasteiger partial charge in [0.2, 0.25) is 0 Å². The minimum Gasteiger partial charge on any atom is -0.351 e. The third-order valence-electron chi connectivity index (χ3n) is 2.49. The molecule has 0 saturated carbocycles. The second-order valence-electron chi connectivity index (χ2n) is 3.93. The van der Waals surface area contributed by atoms with Crippen molar-refractivity contribution in [2.45, 2.75) is 13.3 Å². The monoisotopic (exact) mass is 271 g/mol. The van der Waals surface area contributed by atoms with Gasteiger partial charge in [-0.3, -0.25) is 8.74 Å². The molecule has 1 aromatic rings. The second-order valence-corrected chi connectivity index (χ2v) is 5.12. The highest BCUT2D eigenvalue weighted by Crippen LogP contribution is 2.24. The molecule has 0 aliphatic carbocycles. The van der Waals surface area contributed by atoms with Gasteiger partial charge in [0.15, 0.2) is 0 Å². The second kappa shape index (κ2) is 5.99. The van der Waals surface area contributed by atoms with E-state index >= 15 is 0 Å². The Balaban J connectivity index is 0.000000232. The van der Waals surface area contributed by atoms with E-state index in [1.807, 2.05) is 0 Å². The van der Waals surface area contributed by atoms with Crippen molar-refractivity contribution in [1.29, 1.82) is 0 Å². The summed E-state index contributed by atoms with van der Waals surface area (Å²) >= 11 is 0. The summed E-state index contributed by atoms with van der Waals surface area (Å²) in [4.78, 5) is 2.16. The maximum atomic E-state index is 9.33. The van der Waals surface area contributed by atoms with Gasteiger partial charge in [0.25, 0.3) is 0 Å². The van der Waals surface area contributed by atoms with Crippen LogP contribution in [-0.4, -0.2) is 27.1 Å². The van der Waals surface area contributed by atoms with E-state index in [1.165, 1.54) is 16.8 Å². The molecular weight excluding hydrogens is 254 g/mol. The highest BCUT2D eigenvalue weighted by atomic mass is 32.3. The average molecular weight is 271 g/mol. The zero-order chi connectivity index (χ0) is 13.8. The summed E-state index contributed by atoms with van der Waals surface area (Å²) in [7, 11) is -1.20. The summed E-state index contributed by atoms with van der Waals surface area (Å²) < 4.78 is 29.7. The third-order valence-corrected chi connectivity index (χ3v) is 2.91. The van der Waals surface area contributed by atoms with Crippen LogP contribution < -0.4 is 4.90 Å². The number of benzene rings is 1. The highest BCUT2D eigenvalue weighted by Gasteiger charge is 2.07. The van der Waals surface area contributed by atoms with E-state index in [-0.39, 0.29) is 0 Å². The fraction of sp³-hybridized carbons (Fsp3) is 0.333. The van der Waals surface area contributed by atoms with Gasteiger partial charge in [-0.1, -0.05) is 23.8 Å². The Labute approximate surface area is 108 Å². The molecule has 1 aliphatic heterocycles. The van der Waals surface area contributed by atoms with Crippen LogP contribution in [0.5, 0.6) is 0 Å². The van der Waals surface area contributed by atoms with E-state index in [2.05, 4.69) is 53.5 Å². The number of rotatable bonds is 1. The van der Waals surface area contributed by atoms with E-state index < -0.39 is 10.4 Å². The molecule has 1 aromatic carbocycles. The van der Waals surface area contributed by atoms with Gasteiger partial charge >= 0.3 is 10.4 Å². The fourth-order valence-corrected chi connectivity index (χ4v) is 1.64. The van der Waals surface area contributed by atoms with Crippen LogP contribution in [0.4, 0.5) is 5.69 Å². The minimum atomic E-state index is -4.16. The first-order valence-corrected chi connectivity index (χ1v) is 6.72. The van der Waals surface area contributed by atoms with Crippen LogP contribution in [0, 0.1) is 6.92 Å². The Kier molecular flexibility index (Phi) is 4.89. The molecule has 0 radical (unpaired) electrons. The molecule has 0 amide bonds. The number of allylic oxidation sites excluding steroid dienone is 1. The van der Waals surface area contributed by atoms with Gasteiger partial charge in [0.1, 0.15) is 0 Å². The standard InChI is InChI=1S/C11H13N.CH4O4S/c1-9-5-6-11-10(8-9)4-3-7-12(11)2;1-5-6(2,3)4/h3,5-8H,4H2,1-2H3;1H3,(H,2,3,4). The summed E-state index contributed by atoms with van der Waals surface area (Å²) in [5.41, 5.74) is 4.11.